The van der Waals surface area contributed by atoms with Crippen molar-refractivity contribution in [2.75, 3.05) is 7.11 Å². The van der Waals surface area contributed by atoms with E-state index in [-0.39, 0.29) is 5.97 Å². The number of hydrogen-bond acceptors (Lipinski definition) is 4. The number of carbonyl (C=O) groups is 1. The van der Waals surface area contributed by atoms with E-state index in [1.54, 1.807) is 24.4 Å². The molecule has 0 fully saturated rings. The topological polar surface area (TPSA) is 48.4 Å². The highest BCUT2D eigenvalue weighted by Gasteiger charge is 2.07. The van der Waals surface area contributed by atoms with Crippen molar-refractivity contribution in [1.29, 1.82) is 0 Å². The Labute approximate surface area is 128 Å². The second-order valence-corrected chi connectivity index (χ2v) is 4.80. The highest BCUT2D eigenvalue weighted by Crippen LogP contribution is 2.20. The van der Waals surface area contributed by atoms with Crippen LogP contribution in [-0.4, -0.2) is 18.1 Å². The van der Waals surface area contributed by atoms with Gasteiger partial charge >= 0.3 is 5.97 Å². The molecule has 22 heavy (non-hydrogen) atoms. The third kappa shape index (κ3) is 2.91. The molecule has 0 unspecified atom stereocenters. The van der Waals surface area contributed by atoms with E-state index < -0.39 is 0 Å². The van der Waals surface area contributed by atoms with E-state index in [1.807, 2.05) is 36.4 Å². The first kappa shape index (κ1) is 14.1. The van der Waals surface area contributed by atoms with Crippen LogP contribution in [0.5, 0.6) is 5.75 Å². The average molecular weight is 293 g/mol. The predicted octanol–water partition coefficient (Wildman–Crippen LogP) is 3.60. The zero-order chi connectivity index (χ0) is 15.4. The summed E-state index contributed by atoms with van der Waals surface area (Å²) in [7, 11) is 1.36. The zero-order valence-corrected chi connectivity index (χ0v) is 12.2. The highest BCUT2D eigenvalue weighted by atomic mass is 16.5. The van der Waals surface area contributed by atoms with Gasteiger partial charge in [0.05, 0.1) is 18.2 Å². The molecule has 0 atom stereocenters. The Morgan fingerprint density at radius 1 is 1.09 bits per heavy atom. The minimum absolute atomic E-state index is 0.378. The number of nitrogens with zero attached hydrogens (tertiary/aromatic N) is 1. The van der Waals surface area contributed by atoms with Gasteiger partial charge in [0.1, 0.15) is 12.4 Å². The summed E-state index contributed by atoms with van der Waals surface area (Å²) >= 11 is 0. The number of fused-ring (bicyclic) bond motifs is 1. The van der Waals surface area contributed by atoms with Gasteiger partial charge in [0.2, 0.25) is 0 Å². The van der Waals surface area contributed by atoms with Gasteiger partial charge in [-0.05, 0) is 24.3 Å². The van der Waals surface area contributed by atoms with E-state index in [9.17, 15) is 4.79 Å². The maximum absolute atomic E-state index is 11.5. The van der Waals surface area contributed by atoms with Crippen LogP contribution in [0.15, 0.2) is 60.8 Å². The van der Waals surface area contributed by atoms with Gasteiger partial charge in [-0.25, -0.2) is 4.79 Å². The Balaban J connectivity index is 1.81. The van der Waals surface area contributed by atoms with Crippen LogP contribution in [0.2, 0.25) is 0 Å². The monoisotopic (exact) mass is 293 g/mol. The number of benzene rings is 2. The van der Waals surface area contributed by atoms with Crippen molar-refractivity contribution in [2.24, 2.45) is 0 Å². The van der Waals surface area contributed by atoms with E-state index in [0.29, 0.717) is 17.9 Å². The molecule has 0 aliphatic carbocycles. The number of hydrogen-bond donors (Lipinski definition) is 0. The van der Waals surface area contributed by atoms with Crippen LogP contribution in [-0.2, 0) is 11.3 Å². The molecule has 1 heterocycles. The summed E-state index contributed by atoms with van der Waals surface area (Å²) in [6.45, 7) is 0.388. The van der Waals surface area contributed by atoms with Crippen molar-refractivity contribution < 1.29 is 14.3 Å². The van der Waals surface area contributed by atoms with Crippen molar-refractivity contribution >= 4 is 16.9 Å². The van der Waals surface area contributed by atoms with E-state index in [0.717, 1.165) is 16.5 Å². The molecule has 0 amide bonds. The lowest BCUT2D eigenvalue weighted by atomic mass is 10.1. The van der Waals surface area contributed by atoms with Gasteiger partial charge < -0.3 is 9.47 Å². The van der Waals surface area contributed by atoms with Crippen molar-refractivity contribution in [3.05, 3.63) is 71.9 Å². The Kier molecular flexibility index (Phi) is 4.01. The van der Waals surface area contributed by atoms with E-state index in [4.69, 9.17) is 9.47 Å². The standard InChI is InChI=1S/C18H15NO3/c1-21-18(20)14-6-3-9-16(11-14)22-12-15-7-2-5-13-8-4-10-19-17(13)15/h2-11H,12H2,1H3. The summed E-state index contributed by atoms with van der Waals surface area (Å²) in [5.74, 6) is 0.244. The summed E-state index contributed by atoms with van der Waals surface area (Å²) in [5, 5.41) is 1.08. The summed E-state index contributed by atoms with van der Waals surface area (Å²) in [5.41, 5.74) is 2.40. The molecule has 3 aromatic rings. The van der Waals surface area contributed by atoms with Crippen LogP contribution in [0, 0.1) is 0 Å². The van der Waals surface area contributed by atoms with Gasteiger partial charge in [0.15, 0.2) is 0 Å². The molecule has 2 aromatic carbocycles. The highest BCUT2D eigenvalue weighted by molar-refractivity contribution is 5.89. The number of pyridine rings is 1. The summed E-state index contributed by atoms with van der Waals surface area (Å²) in [6.07, 6.45) is 1.77. The molecule has 0 aliphatic rings. The van der Waals surface area contributed by atoms with Gasteiger partial charge in [-0.3, -0.25) is 4.98 Å². The van der Waals surface area contributed by atoms with Crippen LogP contribution in [0.25, 0.3) is 10.9 Å². The van der Waals surface area contributed by atoms with Crippen LogP contribution in [0.3, 0.4) is 0 Å². The molecule has 1 aromatic heterocycles. The first-order valence-corrected chi connectivity index (χ1v) is 6.92. The molecule has 0 saturated carbocycles. The Hall–Kier alpha value is -2.88. The van der Waals surface area contributed by atoms with Crippen molar-refractivity contribution in [3.63, 3.8) is 0 Å². The second-order valence-electron chi connectivity index (χ2n) is 4.80. The molecule has 0 aliphatic heterocycles. The molecule has 4 heteroatoms. The van der Waals surface area contributed by atoms with Gasteiger partial charge in [-0.2, -0.15) is 0 Å². The molecular formula is C18H15NO3. The normalized spacial score (nSPS) is 10.4. The SMILES string of the molecule is COC(=O)c1cccc(OCc2cccc3cccnc23)c1. The third-order valence-corrected chi connectivity index (χ3v) is 3.37. The van der Waals surface area contributed by atoms with Crippen molar-refractivity contribution in [2.45, 2.75) is 6.61 Å². The van der Waals surface area contributed by atoms with E-state index in [1.165, 1.54) is 7.11 Å². The molecular weight excluding hydrogens is 278 g/mol. The smallest absolute Gasteiger partial charge is 0.337 e. The quantitative estimate of drug-likeness (QED) is 0.690. The summed E-state index contributed by atoms with van der Waals surface area (Å²) in [4.78, 5) is 15.9. The lowest BCUT2D eigenvalue weighted by Crippen LogP contribution is -2.02. The number of esters is 1. The van der Waals surface area contributed by atoms with Crippen LogP contribution in [0.1, 0.15) is 15.9 Å². The lowest BCUT2D eigenvalue weighted by molar-refractivity contribution is 0.0600. The molecule has 0 bridgehead atoms. The van der Waals surface area contributed by atoms with Gasteiger partial charge in [-0.1, -0.05) is 30.3 Å². The fraction of sp³-hybridized carbons (Fsp3) is 0.111. The summed E-state index contributed by atoms with van der Waals surface area (Å²) in [6, 6.07) is 16.9. The fourth-order valence-corrected chi connectivity index (χ4v) is 2.28. The molecule has 0 radical (unpaired) electrons. The first-order valence-electron chi connectivity index (χ1n) is 6.92. The zero-order valence-electron chi connectivity index (χ0n) is 12.2. The van der Waals surface area contributed by atoms with Gasteiger partial charge in [-0.15, -0.1) is 0 Å². The Morgan fingerprint density at radius 2 is 1.91 bits per heavy atom. The van der Waals surface area contributed by atoms with E-state index in [2.05, 4.69) is 4.98 Å². The lowest BCUT2D eigenvalue weighted by Gasteiger charge is -2.09. The molecule has 3 rings (SSSR count). The predicted molar refractivity (Wildman–Crippen MR) is 83.9 cm³/mol. The van der Waals surface area contributed by atoms with Crippen molar-refractivity contribution in [1.82, 2.24) is 4.98 Å². The largest absolute Gasteiger partial charge is 0.489 e. The number of ether oxygens (including phenoxy) is 2. The molecule has 110 valence electrons. The molecule has 0 spiro atoms. The van der Waals surface area contributed by atoms with Crippen molar-refractivity contribution in [3.8, 4) is 5.75 Å². The van der Waals surface area contributed by atoms with Crippen LogP contribution in [0.4, 0.5) is 0 Å². The Bertz CT molecular complexity index is 809. The second kappa shape index (κ2) is 6.26. The minimum Gasteiger partial charge on any atom is -0.489 e. The number of para-hydroxylation sites is 1. The number of methoxy groups -OCH3 is 1. The number of carbonyl (C=O) groups excluding carboxylic acids is 1. The van der Waals surface area contributed by atoms with Gasteiger partial charge in [0.25, 0.3) is 0 Å². The van der Waals surface area contributed by atoms with Crippen LogP contribution < -0.4 is 4.74 Å². The van der Waals surface area contributed by atoms with E-state index >= 15 is 0 Å². The third-order valence-electron chi connectivity index (χ3n) is 3.37. The molecule has 0 saturated heterocycles. The molecule has 4 nitrogen and oxygen atoms in total. The molecule has 0 N–H and O–H groups in total. The first-order chi connectivity index (χ1) is 10.8. The van der Waals surface area contributed by atoms with Gasteiger partial charge in [0, 0.05) is 17.1 Å². The fourth-order valence-electron chi connectivity index (χ4n) is 2.28. The maximum atomic E-state index is 11.5. The Morgan fingerprint density at radius 3 is 2.77 bits per heavy atom. The summed E-state index contributed by atoms with van der Waals surface area (Å²) < 4.78 is 10.5. The number of rotatable bonds is 4. The maximum Gasteiger partial charge on any atom is 0.337 e. The minimum atomic E-state index is -0.378. The average Bonchev–Trinajstić information content (AvgIpc) is 2.59. The number of aromatic nitrogens is 1. The van der Waals surface area contributed by atoms with Crippen LogP contribution >= 0.6 is 0 Å².